The molecule has 63 heavy (non-hydrogen) atoms. The minimum absolute atomic E-state index is 0. The molecule has 0 aromatic heterocycles. The molecule has 4 aromatic rings. The molecule has 0 heterocycles. The lowest BCUT2D eigenvalue weighted by Crippen LogP contribution is -2.36. The van der Waals surface area contributed by atoms with Gasteiger partial charge in [-0.25, -0.2) is 4.79 Å². The van der Waals surface area contributed by atoms with E-state index in [-0.39, 0.29) is 56.1 Å². The minimum Gasteiger partial charge on any atom is -0.465 e. The summed E-state index contributed by atoms with van der Waals surface area (Å²) < 4.78 is 15.0. The zero-order valence-corrected chi connectivity index (χ0v) is 39.7. The molecule has 12 heteroatoms. The number of ether oxygens (including phenoxy) is 3. The van der Waals surface area contributed by atoms with Crippen molar-refractivity contribution in [3.63, 3.8) is 0 Å². The van der Waals surface area contributed by atoms with E-state index in [1.54, 1.807) is 26.0 Å². The Balaban J connectivity index is 0.000000458. The topological polar surface area (TPSA) is 130 Å². The summed E-state index contributed by atoms with van der Waals surface area (Å²) in [5, 5.41) is 1.91. The van der Waals surface area contributed by atoms with Crippen molar-refractivity contribution >= 4 is 73.6 Å². The van der Waals surface area contributed by atoms with E-state index in [1.807, 2.05) is 128 Å². The lowest BCUT2D eigenvalue weighted by atomic mass is 10.0. The Kier molecular flexibility index (Phi) is 26.9. The van der Waals surface area contributed by atoms with Crippen LogP contribution in [0.5, 0.6) is 0 Å². The number of hydrogen-bond donors (Lipinski definition) is 1. The van der Waals surface area contributed by atoms with Crippen molar-refractivity contribution in [2.24, 2.45) is 27.6 Å². The SMILES string of the molecule is BrC/C=C/CBr.C.C=CC1CC1(N)C(=O)OCC.C=CC1CC1(N=C(c1ccccc1)c1ccccc1)C(=O)OCC.CCOC(=O)CN=C(c1ccccc1)c1ccccc1.Cl. The summed E-state index contributed by atoms with van der Waals surface area (Å²) in [5.41, 5.74) is 9.67. The second kappa shape index (κ2) is 30.2. The molecule has 9 nitrogen and oxygen atoms in total. The molecule has 0 bridgehead atoms. The first-order chi connectivity index (χ1) is 29.6. The number of benzene rings is 4. The number of nitrogens with two attached hydrogens (primary N) is 1. The van der Waals surface area contributed by atoms with Gasteiger partial charge in [-0.2, -0.15) is 0 Å². The van der Waals surface area contributed by atoms with Crippen LogP contribution in [0.3, 0.4) is 0 Å². The predicted molar refractivity (Wildman–Crippen MR) is 269 cm³/mol. The van der Waals surface area contributed by atoms with Gasteiger partial charge in [-0.1, -0.05) is 185 Å². The van der Waals surface area contributed by atoms with Gasteiger partial charge in [0.25, 0.3) is 0 Å². The van der Waals surface area contributed by atoms with E-state index in [4.69, 9.17) is 24.9 Å². The number of rotatable bonds is 16. The number of nitrogens with zero attached hydrogens (tertiary/aromatic N) is 2. The fourth-order valence-corrected chi connectivity index (χ4v) is 6.55. The molecule has 0 saturated heterocycles. The number of aliphatic imine (C=N–C) groups is 2. The van der Waals surface area contributed by atoms with E-state index in [9.17, 15) is 14.4 Å². The monoisotopic (exact) mass is 1010 g/mol. The van der Waals surface area contributed by atoms with Gasteiger partial charge in [0.15, 0.2) is 5.54 Å². The molecule has 6 rings (SSSR count). The first-order valence-electron chi connectivity index (χ1n) is 20.3. The molecule has 2 fully saturated rings. The van der Waals surface area contributed by atoms with Gasteiger partial charge in [0.05, 0.1) is 31.2 Å². The van der Waals surface area contributed by atoms with Crippen molar-refractivity contribution in [1.29, 1.82) is 0 Å². The molecule has 4 unspecified atom stereocenters. The molecular formula is C51H62Br2ClN3O6. The van der Waals surface area contributed by atoms with E-state index >= 15 is 0 Å². The fraction of sp³-hybridized carbons (Fsp3) is 0.314. The second-order valence-electron chi connectivity index (χ2n) is 13.7. The summed E-state index contributed by atoms with van der Waals surface area (Å²) in [6.07, 6.45) is 8.93. The molecule has 0 radical (unpaired) electrons. The van der Waals surface area contributed by atoms with Gasteiger partial charge < -0.3 is 19.9 Å². The van der Waals surface area contributed by atoms with Crippen molar-refractivity contribution in [2.75, 3.05) is 37.0 Å². The summed E-state index contributed by atoms with van der Waals surface area (Å²) in [7, 11) is 0. The average molecular weight is 1010 g/mol. The molecule has 2 aliphatic carbocycles. The van der Waals surface area contributed by atoms with Gasteiger partial charge in [-0.05, 0) is 33.6 Å². The van der Waals surface area contributed by atoms with Crippen molar-refractivity contribution in [3.8, 4) is 0 Å². The van der Waals surface area contributed by atoms with Crippen LogP contribution in [0, 0.1) is 11.8 Å². The minimum atomic E-state index is -0.835. The number of carbonyl (C=O) groups excluding carboxylic acids is 3. The quantitative estimate of drug-likeness (QED) is 0.0389. The molecule has 0 aliphatic heterocycles. The Labute approximate surface area is 397 Å². The maximum Gasteiger partial charge on any atom is 0.334 e. The van der Waals surface area contributed by atoms with Crippen LogP contribution >= 0.6 is 44.3 Å². The summed E-state index contributed by atoms with van der Waals surface area (Å²) in [6, 6.07) is 39.5. The van der Waals surface area contributed by atoms with E-state index in [2.05, 4.69) is 62.2 Å². The van der Waals surface area contributed by atoms with Crippen LogP contribution in [0.15, 0.2) is 169 Å². The Morgan fingerprint density at radius 2 is 1.02 bits per heavy atom. The molecule has 4 atom stereocenters. The van der Waals surface area contributed by atoms with Gasteiger partial charge in [-0.15, -0.1) is 25.6 Å². The number of allylic oxidation sites excluding steroid dienone is 2. The average Bonchev–Trinajstić information content (AvgIpc) is 4.21. The summed E-state index contributed by atoms with van der Waals surface area (Å²) >= 11 is 6.49. The third kappa shape index (κ3) is 17.6. The highest BCUT2D eigenvalue weighted by molar-refractivity contribution is 9.09. The number of carbonyl (C=O) groups is 3. The van der Waals surface area contributed by atoms with Crippen LogP contribution in [-0.2, 0) is 28.6 Å². The van der Waals surface area contributed by atoms with E-state index in [1.165, 1.54) is 0 Å². The number of halogens is 3. The molecule has 2 N–H and O–H groups in total. The van der Waals surface area contributed by atoms with E-state index in [0.29, 0.717) is 32.7 Å². The van der Waals surface area contributed by atoms with Gasteiger partial charge in [-0.3, -0.25) is 19.6 Å². The van der Waals surface area contributed by atoms with E-state index in [0.717, 1.165) is 44.3 Å². The predicted octanol–water partition coefficient (Wildman–Crippen LogP) is 11.0. The molecule has 0 spiro atoms. The summed E-state index contributed by atoms with van der Waals surface area (Å²) in [4.78, 5) is 44.4. The zero-order valence-electron chi connectivity index (χ0n) is 35.7. The van der Waals surface area contributed by atoms with Crippen LogP contribution in [0.4, 0.5) is 0 Å². The third-order valence-electron chi connectivity index (χ3n) is 9.41. The van der Waals surface area contributed by atoms with Crippen LogP contribution in [0.25, 0.3) is 0 Å². The van der Waals surface area contributed by atoms with Crippen LogP contribution in [0.1, 0.15) is 63.3 Å². The van der Waals surface area contributed by atoms with Gasteiger partial charge in [0.2, 0.25) is 0 Å². The first-order valence-corrected chi connectivity index (χ1v) is 22.5. The van der Waals surface area contributed by atoms with Gasteiger partial charge >= 0.3 is 17.9 Å². The Hall–Kier alpha value is -4.94. The number of esters is 3. The molecule has 4 aromatic carbocycles. The summed E-state index contributed by atoms with van der Waals surface area (Å²) in [5.74, 6) is -0.735. The standard InChI is InChI=1S/C21H21NO2.C17H17NO2.C8H13NO2.C4H6Br2.CH4.ClH/c1-3-18-15-21(18,20(23)24-4-2)22-19(16-11-7-5-8-12-16)17-13-9-6-10-14-17;1-2-20-16(19)13-18-17(14-9-5-3-6-10-14)15-11-7-4-8-12-15;1-3-6-5-8(6,9)7(10)11-4-2;5-3-1-2-4-6;;/h3,5-14,18H,1,4,15H2,2H3;3-12H,2,13H2,1H3;3,6H,1,4-5,9H2,2H3;1-2H,3-4H2;1H4;1H/b;;;2-1+;;. The highest BCUT2D eigenvalue weighted by Crippen LogP contribution is 2.49. The van der Waals surface area contributed by atoms with Crippen molar-refractivity contribution < 1.29 is 28.6 Å². The van der Waals surface area contributed by atoms with Crippen molar-refractivity contribution in [3.05, 3.63) is 181 Å². The van der Waals surface area contributed by atoms with Crippen molar-refractivity contribution in [2.45, 2.75) is 52.1 Å². The van der Waals surface area contributed by atoms with Gasteiger partial charge in [0, 0.05) is 44.7 Å². The molecule has 338 valence electrons. The largest absolute Gasteiger partial charge is 0.465 e. The smallest absolute Gasteiger partial charge is 0.334 e. The lowest BCUT2D eigenvalue weighted by molar-refractivity contribution is -0.146. The molecule has 0 amide bonds. The van der Waals surface area contributed by atoms with Crippen LogP contribution < -0.4 is 5.73 Å². The van der Waals surface area contributed by atoms with Crippen LogP contribution in [-0.4, -0.2) is 77.4 Å². The third-order valence-corrected chi connectivity index (χ3v) is 10.2. The van der Waals surface area contributed by atoms with Gasteiger partial charge in [0.1, 0.15) is 12.1 Å². The molecule has 2 saturated carbocycles. The highest BCUT2D eigenvalue weighted by Gasteiger charge is 2.60. The molecular weight excluding hydrogens is 946 g/mol. The Bertz CT molecular complexity index is 1980. The molecule has 2 aliphatic rings. The first kappa shape index (κ1) is 56.1. The second-order valence-corrected chi connectivity index (χ2v) is 15.0. The maximum absolute atomic E-state index is 12.5. The van der Waals surface area contributed by atoms with E-state index < -0.39 is 11.1 Å². The van der Waals surface area contributed by atoms with Crippen LogP contribution in [0.2, 0.25) is 0 Å². The maximum atomic E-state index is 12.5. The normalized spacial score (nSPS) is 18.4. The highest BCUT2D eigenvalue weighted by atomic mass is 79.9. The fourth-order valence-electron chi connectivity index (χ4n) is 6.02. The zero-order chi connectivity index (χ0) is 44.5. The lowest BCUT2D eigenvalue weighted by Gasteiger charge is -2.15. The Morgan fingerprint density at radius 3 is 1.35 bits per heavy atom. The van der Waals surface area contributed by atoms with Crippen molar-refractivity contribution in [1.82, 2.24) is 0 Å². The summed E-state index contributed by atoms with van der Waals surface area (Å²) in [6.45, 7) is 13.9. The number of hydrogen-bond acceptors (Lipinski definition) is 9. The number of alkyl halides is 2. The Morgan fingerprint density at radius 1 is 0.635 bits per heavy atom.